The van der Waals surface area contributed by atoms with Crippen LogP contribution in [0.15, 0.2) is 18.3 Å². The minimum absolute atomic E-state index is 0.251. The Morgan fingerprint density at radius 3 is 3.13 bits per heavy atom. The van der Waals surface area contributed by atoms with Gasteiger partial charge in [0.15, 0.2) is 5.78 Å². The van der Waals surface area contributed by atoms with E-state index in [0.717, 1.165) is 35.1 Å². The Kier molecular flexibility index (Phi) is 1.69. The first-order chi connectivity index (χ1) is 7.29. The summed E-state index contributed by atoms with van der Waals surface area (Å²) in [5, 5.41) is 0. The molecule has 0 saturated heterocycles. The number of Topliss-reactive ketones (excluding diaryl/α,β-unsaturated/α-hetero) is 1. The monoisotopic (exact) mass is 200 g/mol. The molecule has 1 aliphatic carbocycles. The molecule has 0 N–H and O–H groups in total. The number of carbonyl (C=O) groups excluding carboxylic acids is 1. The molecule has 2 heterocycles. The highest BCUT2D eigenvalue weighted by atomic mass is 16.1. The van der Waals surface area contributed by atoms with Crippen molar-refractivity contribution in [1.82, 2.24) is 9.55 Å². The SMILES string of the molecule is Cn1c2c(c3ncccc31)C(=O)CCC2. The van der Waals surface area contributed by atoms with E-state index < -0.39 is 0 Å². The number of hydrogen-bond acceptors (Lipinski definition) is 2. The van der Waals surface area contributed by atoms with Crippen molar-refractivity contribution >= 4 is 16.8 Å². The van der Waals surface area contributed by atoms with Gasteiger partial charge in [-0.1, -0.05) is 0 Å². The van der Waals surface area contributed by atoms with Gasteiger partial charge in [0.25, 0.3) is 0 Å². The van der Waals surface area contributed by atoms with E-state index in [9.17, 15) is 4.79 Å². The Bertz CT molecular complexity index is 554. The van der Waals surface area contributed by atoms with Crippen LogP contribution in [0.1, 0.15) is 28.9 Å². The summed E-state index contributed by atoms with van der Waals surface area (Å²) >= 11 is 0. The van der Waals surface area contributed by atoms with Crippen molar-refractivity contribution in [3.05, 3.63) is 29.6 Å². The van der Waals surface area contributed by atoms with Crippen LogP contribution >= 0.6 is 0 Å². The highest BCUT2D eigenvalue weighted by Gasteiger charge is 2.24. The van der Waals surface area contributed by atoms with E-state index in [2.05, 4.69) is 9.55 Å². The second-order valence-corrected chi connectivity index (χ2v) is 4.03. The van der Waals surface area contributed by atoms with Gasteiger partial charge >= 0.3 is 0 Å². The van der Waals surface area contributed by atoms with Crippen molar-refractivity contribution in [2.45, 2.75) is 19.3 Å². The number of ketones is 1. The lowest BCUT2D eigenvalue weighted by atomic mass is 9.96. The summed E-state index contributed by atoms with van der Waals surface area (Å²) in [4.78, 5) is 16.2. The van der Waals surface area contributed by atoms with Gasteiger partial charge in [0.2, 0.25) is 0 Å². The molecule has 0 aliphatic heterocycles. The first-order valence-corrected chi connectivity index (χ1v) is 5.24. The highest BCUT2D eigenvalue weighted by Crippen LogP contribution is 2.29. The lowest BCUT2D eigenvalue weighted by Gasteiger charge is -2.11. The minimum Gasteiger partial charge on any atom is -0.346 e. The van der Waals surface area contributed by atoms with Gasteiger partial charge < -0.3 is 4.57 Å². The first kappa shape index (κ1) is 8.65. The summed E-state index contributed by atoms with van der Waals surface area (Å²) in [6.07, 6.45) is 4.39. The number of aryl methyl sites for hydroxylation is 1. The van der Waals surface area contributed by atoms with Gasteiger partial charge in [-0.2, -0.15) is 0 Å². The fourth-order valence-electron chi connectivity index (χ4n) is 2.44. The fourth-order valence-corrected chi connectivity index (χ4v) is 2.44. The minimum atomic E-state index is 0.251. The third-order valence-corrected chi connectivity index (χ3v) is 3.17. The van der Waals surface area contributed by atoms with Crippen LogP contribution in [-0.2, 0) is 13.5 Å². The van der Waals surface area contributed by atoms with E-state index >= 15 is 0 Å². The van der Waals surface area contributed by atoms with Crippen LogP contribution in [0.3, 0.4) is 0 Å². The van der Waals surface area contributed by atoms with Crippen LogP contribution in [0, 0.1) is 0 Å². The Morgan fingerprint density at radius 2 is 2.27 bits per heavy atom. The second-order valence-electron chi connectivity index (χ2n) is 4.03. The molecule has 2 aromatic rings. The van der Waals surface area contributed by atoms with E-state index in [1.807, 2.05) is 19.2 Å². The Labute approximate surface area is 87.7 Å². The molecule has 0 atom stereocenters. The van der Waals surface area contributed by atoms with Crippen molar-refractivity contribution in [1.29, 1.82) is 0 Å². The molecule has 15 heavy (non-hydrogen) atoms. The number of aromatic nitrogens is 2. The zero-order valence-electron chi connectivity index (χ0n) is 8.66. The van der Waals surface area contributed by atoms with Crippen molar-refractivity contribution in [3.63, 3.8) is 0 Å². The second kappa shape index (κ2) is 2.92. The molecule has 0 radical (unpaired) electrons. The number of rotatable bonds is 0. The van der Waals surface area contributed by atoms with Gasteiger partial charge in [-0.05, 0) is 25.0 Å². The average Bonchev–Trinajstić information content (AvgIpc) is 2.55. The predicted molar refractivity (Wildman–Crippen MR) is 58.0 cm³/mol. The average molecular weight is 200 g/mol. The van der Waals surface area contributed by atoms with Crippen molar-refractivity contribution in [2.24, 2.45) is 7.05 Å². The van der Waals surface area contributed by atoms with Gasteiger partial charge in [-0.3, -0.25) is 9.78 Å². The number of carbonyl (C=O) groups is 1. The highest BCUT2D eigenvalue weighted by molar-refractivity contribution is 6.08. The zero-order chi connectivity index (χ0) is 10.4. The van der Waals surface area contributed by atoms with Crippen LogP contribution in [-0.4, -0.2) is 15.3 Å². The van der Waals surface area contributed by atoms with E-state index in [-0.39, 0.29) is 5.78 Å². The number of nitrogens with zero attached hydrogens (tertiary/aromatic N) is 2. The fraction of sp³-hybridized carbons (Fsp3) is 0.333. The molecule has 0 bridgehead atoms. The standard InChI is InChI=1S/C12H12N2O/c1-14-8-4-2-6-10(15)11(8)12-9(14)5-3-7-13-12/h3,5,7H,2,4,6H2,1H3. The first-order valence-electron chi connectivity index (χ1n) is 5.24. The molecule has 3 nitrogen and oxygen atoms in total. The summed E-state index contributed by atoms with van der Waals surface area (Å²) in [6.45, 7) is 0. The van der Waals surface area contributed by atoms with E-state index in [4.69, 9.17) is 0 Å². The third-order valence-electron chi connectivity index (χ3n) is 3.17. The molecule has 0 fully saturated rings. The van der Waals surface area contributed by atoms with E-state index in [1.54, 1.807) is 6.20 Å². The molecule has 0 spiro atoms. The molecule has 1 aliphatic rings. The normalized spacial score (nSPS) is 15.7. The lowest BCUT2D eigenvalue weighted by Crippen LogP contribution is -2.11. The van der Waals surface area contributed by atoms with Crippen LogP contribution in [0.5, 0.6) is 0 Å². The summed E-state index contributed by atoms with van der Waals surface area (Å²) in [6, 6.07) is 3.94. The van der Waals surface area contributed by atoms with Gasteiger partial charge in [-0.25, -0.2) is 0 Å². The molecular weight excluding hydrogens is 188 g/mol. The summed E-state index contributed by atoms with van der Waals surface area (Å²) < 4.78 is 2.11. The van der Waals surface area contributed by atoms with Gasteiger partial charge in [0.1, 0.15) is 0 Å². The third kappa shape index (κ3) is 1.06. The van der Waals surface area contributed by atoms with Crippen LogP contribution in [0.25, 0.3) is 11.0 Å². The topological polar surface area (TPSA) is 34.9 Å². The van der Waals surface area contributed by atoms with E-state index in [0.29, 0.717) is 6.42 Å². The maximum atomic E-state index is 11.9. The van der Waals surface area contributed by atoms with Crippen LogP contribution in [0.4, 0.5) is 0 Å². The zero-order valence-corrected chi connectivity index (χ0v) is 8.66. The lowest BCUT2D eigenvalue weighted by molar-refractivity contribution is 0.0973. The number of fused-ring (bicyclic) bond motifs is 3. The van der Waals surface area contributed by atoms with Crippen molar-refractivity contribution in [3.8, 4) is 0 Å². The number of hydrogen-bond donors (Lipinski definition) is 0. The molecule has 3 rings (SSSR count). The molecular formula is C12H12N2O. The Morgan fingerprint density at radius 1 is 1.40 bits per heavy atom. The summed E-state index contributed by atoms with van der Waals surface area (Å²) in [7, 11) is 2.02. The maximum absolute atomic E-state index is 11.9. The van der Waals surface area contributed by atoms with E-state index in [1.165, 1.54) is 0 Å². The molecule has 76 valence electrons. The molecule has 0 amide bonds. The van der Waals surface area contributed by atoms with Gasteiger partial charge in [0, 0.05) is 25.4 Å². The largest absolute Gasteiger partial charge is 0.346 e. The number of pyridine rings is 1. The predicted octanol–water partition coefficient (Wildman–Crippen LogP) is 2.09. The van der Waals surface area contributed by atoms with Gasteiger partial charge in [0.05, 0.1) is 16.6 Å². The van der Waals surface area contributed by atoms with Crippen LogP contribution < -0.4 is 0 Å². The Balaban J connectivity index is 2.46. The maximum Gasteiger partial charge on any atom is 0.166 e. The Hall–Kier alpha value is -1.64. The smallest absolute Gasteiger partial charge is 0.166 e. The molecule has 0 aromatic carbocycles. The van der Waals surface area contributed by atoms with Crippen molar-refractivity contribution < 1.29 is 4.79 Å². The van der Waals surface area contributed by atoms with Crippen molar-refractivity contribution in [2.75, 3.05) is 0 Å². The molecule has 0 saturated carbocycles. The molecule has 3 heteroatoms. The quantitative estimate of drug-likeness (QED) is 0.652. The van der Waals surface area contributed by atoms with Crippen LogP contribution in [0.2, 0.25) is 0 Å². The molecule has 0 unspecified atom stereocenters. The molecule has 2 aromatic heterocycles. The summed E-state index contributed by atoms with van der Waals surface area (Å²) in [5.41, 5.74) is 3.96. The van der Waals surface area contributed by atoms with Gasteiger partial charge in [-0.15, -0.1) is 0 Å². The summed E-state index contributed by atoms with van der Waals surface area (Å²) in [5.74, 6) is 0.251.